The Hall–Kier alpha value is -2.01. The number of hydrogen-bond donors (Lipinski definition) is 1. The summed E-state index contributed by atoms with van der Waals surface area (Å²) in [6.07, 6.45) is 0. The van der Waals surface area contributed by atoms with Crippen molar-refractivity contribution in [1.82, 2.24) is 5.32 Å². The van der Waals surface area contributed by atoms with Gasteiger partial charge in [-0.3, -0.25) is 4.79 Å². The smallest absolute Gasteiger partial charge is 0.251 e. The van der Waals surface area contributed by atoms with Gasteiger partial charge in [0, 0.05) is 23.6 Å². The molecule has 0 radical (unpaired) electrons. The minimum absolute atomic E-state index is 0.112. The minimum atomic E-state index is -0.182. The van der Waals surface area contributed by atoms with E-state index in [0.717, 1.165) is 11.5 Å². The molecule has 0 heterocycles. The average Bonchev–Trinajstić information content (AvgIpc) is 2.57. The molecule has 0 atom stereocenters. The summed E-state index contributed by atoms with van der Waals surface area (Å²) in [4.78, 5) is 12.0. The van der Waals surface area contributed by atoms with Crippen LogP contribution in [0.15, 0.2) is 48.5 Å². The Morgan fingerprint density at radius 3 is 2.61 bits per heavy atom. The van der Waals surface area contributed by atoms with Gasteiger partial charge in [-0.25, -0.2) is 4.39 Å². The van der Waals surface area contributed by atoms with Crippen molar-refractivity contribution in [3.8, 4) is 5.75 Å². The molecule has 23 heavy (non-hydrogen) atoms. The first-order chi connectivity index (χ1) is 11.2. The number of benzene rings is 2. The van der Waals surface area contributed by atoms with Gasteiger partial charge in [-0.1, -0.05) is 18.2 Å². The zero-order valence-electron chi connectivity index (χ0n) is 13.0. The van der Waals surface area contributed by atoms with E-state index < -0.39 is 0 Å². The lowest BCUT2D eigenvalue weighted by atomic mass is 10.2. The molecule has 1 amide bonds. The molecular weight excluding hydrogens is 313 g/mol. The molecule has 0 aliphatic heterocycles. The van der Waals surface area contributed by atoms with E-state index in [4.69, 9.17) is 4.74 Å². The Labute approximate surface area is 140 Å². The largest absolute Gasteiger partial charge is 0.494 e. The molecular formula is C18H20FNO2S. The van der Waals surface area contributed by atoms with E-state index in [1.807, 2.05) is 13.0 Å². The summed E-state index contributed by atoms with van der Waals surface area (Å²) in [5.74, 6) is 1.80. The van der Waals surface area contributed by atoms with Gasteiger partial charge < -0.3 is 10.1 Å². The van der Waals surface area contributed by atoms with Crippen LogP contribution in [0.5, 0.6) is 5.75 Å². The van der Waals surface area contributed by atoms with E-state index in [2.05, 4.69) is 5.32 Å². The summed E-state index contributed by atoms with van der Waals surface area (Å²) in [5.41, 5.74) is 1.29. The van der Waals surface area contributed by atoms with Crippen molar-refractivity contribution in [3.05, 3.63) is 65.5 Å². The maximum Gasteiger partial charge on any atom is 0.251 e. The average molecular weight is 333 g/mol. The Morgan fingerprint density at radius 1 is 1.17 bits per heavy atom. The van der Waals surface area contributed by atoms with Crippen LogP contribution in [0.4, 0.5) is 4.39 Å². The topological polar surface area (TPSA) is 38.3 Å². The highest BCUT2D eigenvalue weighted by Crippen LogP contribution is 2.15. The highest BCUT2D eigenvalue weighted by molar-refractivity contribution is 7.98. The number of thioether (sulfide) groups is 1. The lowest BCUT2D eigenvalue weighted by Crippen LogP contribution is -2.25. The van der Waals surface area contributed by atoms with E-state index in [0.29, 0.717) is 30.0 Å². The number of hydrogen-bond acceptors (Lipinski definition) is 3. The summed E-state index contributed by atoms with van der Waals surface area (Å²) >= 11 is 1.59. The summed E-state index contributed by atoms with van der Waals surface area (Å²) in [7, 11) is 0. The van der Waals surface area contributed by atoms with Crippen LogP contribution in [-0.2, 0) is 5.75 Å². The first-order valence-corrected chi connectivity index (χ1v) is 8.68. The van der Waals surface area contributed by atoms with Gasteiger partial charge >= 0.3 is 0 Å². The fraction of sp³-hybridized carbons (Fsp3) is 0.278. The van der Waals surface area contributed by atoms with Crippen molar-refractivity contribution >= 4 is 17.7 Å². The Kier molecular flexibility index (Phi) is 6.94. The number of rotatable bonds is 8. The lowest BCUT2D eigenvalue weighted by molar-refractivity contribution is 0.0956. The minimum Gasteiger partial charge on any atom is -0.494 e. The predicted octanol–water partition coefficient (Wildman–Crippen LogP) is 3.89. The van der Waals surface area contributed by atoms with Crippen molar-refractivity contribution in [2.24, 2.45) is 0 Å². The maximum absolute atomic E-state index is 13.4. The van der Waals surface area contributed by atoms with Crippen LogP contribution in [0.25, 0.3) is 0 Å². The molecule has 0 spiro atoms. The van der Waals surface area contributed by atoms with Crippen LogP contribution in [0.2, 0.25) is 0 Å². The van der Waals surface area contributed by atoms with Gasteiger partial charge in [-0.2, -0.15) is 11.8 Å². The second kappa shape index (κ2) is 9.20. The Balaban J connectivity index is 1.69. The first kappa shape index (κ1) is 17.3. The Bertz CT molecular complexity index is 631. The summed E-state index contributed by atoms with van der Waals surface area (Å²) in [5, 5.41) is 2.86. The molecule has 0 unspecified atom stereocenters. The van der Waals surface area contributed by atoms with E-state index in [-0.39, 0.29) is 11.7 Å². The van der Waals surface area contributed by atoms with E-state index >= 15 is 0 Å². The molecule has 0 aliphatic carbocycles. The Morgan fingerprint density at radius 2 is 1.91 bits per heavy atom. The summed E-state index contributed by atoms with van der Waals surface area (Å²) in [6.45, 7) is 3.07. The molecule has 0 aliphatic rings. The van der Waals surface area contributed by atoms with E-state index in [1.54, 1.807) is 48.2 Å². The first-order valence-electron chi connectivity index (χ1n) is 7.53. The van der Waals surface area contributed by atoms with Gasteiger partial charge in [0.2, 0.25) is 0 Å². The quantitative estimate of drug-likeness (QED) is 0.745. The van der Waals surface area contributed by atoms with Gasteiger partial charge in [0.15, 0.2) is 0 Å². The zero-order chi connectivity index (χ0) is 16.5. The van der Waals surface area contributed by atoms with Crippen LogP contribution in [0, 0.1) is 5.82 Å². The SMILES string of the molecule is CCOc1ccc(C(=O)NCCSCc2ccccc2F)cc1. The van der Waals surface area contributed by atoms with Crippen LogP contribution in [0.3, 0.4) is 0 Å². The monoisotopic (exact) mass is 333 g/mol. The van der Waals surface area contributed by atoms with Crippen molar-refractivity contribution in [2.75, 3.05) is 18.9 Å². The van der Waals surface area contributed by atoms with Gasteiger partial charge in [0.1, 0.15) is 11.6 Å². The number of carbonyl (C=O) groups is 1. The molecule has 1 N–H and O–H groups in total. The maximum atomic E-state index is 13.4. The van der Waals surface area contributed by atoms with Crippen molar-refractivity contribution in [2.45, 2.75) is 12.7 Å². The summed E-state index contributed by atoms with van der Waals surface area (Å²) < 4.78 is 18.8. The van der Waals surface area contributed by atoms with E-state index in [1.165, 1.54) is 6.07 Å². The van der Waals surface area contributed by atoms with Crippen molar-refractivity contribution in [3.63, 3.8) is 0 Å². The van der Waals surface area contributed by atoms with Gasteiger partial charge in [0.25, 0.3) is 5.91 Å². The summed E-state index contributed by atoms with van der Waals surface area (Å²) in [6, 6.07) is 13.8. The molecule has 0 aromatic heterocycles. The highest BCUT2D eigenvalue weighted by Gasteiger charge is 2.05. The van der Waals surface area contributed by atoms with E-state index in [9.17, 15) is 9.18 Å². The van der Waals surface area contributed by atoms with Crippen LogP contribution in [-0.4, -0.2) is 24.8 Å². The number of carbonyl (C=O) groups excluding carboxylic acids is 1. The van der Waals surface area contributed by atoms with Gasteiger partial charge in [-0.15, -0.1) is 0 Å². The van der Waals surface area contributed by atoms with Crippen LogP contribution in [0.1, 0.15) is 22.8 Å². The molecule has 122 valence electrons. The standard InChI is InChI=1S/C18H20FNO2S/c1-2-22-16-9-7-14(8-10-16)18(21)20-11-12-23-13-15-5-3-4-6-17(15)19/h3-10H,2,11-13H2,1H3,(H,20,21). The number of ether oxygens (including phenoxy) is 1. The molecule has 0 bridgehead atoms. The third kappa shape index (κ3) is 5.60. The van der Waals surface area contributed by atoms with Gasteiger partial charge in [-0.05, 0) is 42.8 Å². The molecule has 0 saturated carbocycles. The molecule has 2 aromatic carbocycles. The van der Waals surface area contributed by atoms with Crippen LogP contribution >= 0.6 is 11.8 Å². The number of halogens is 1. The normalized spacial score (nSPS) is 10.3. The third-order valence-corrected chi connectivity index (χ3v) is 4.18. The van der Waals surface area contributed by atoms with Gasteiger partial charge in [0.05, 0.1) is 6.61 Å². The molecule has 5 heteroatoms. The molecule has 0 saturated heterocycles. The number of amides is 1. The molecule has 3 nitrogen and oxygen atoms in total. The zero-order valence-corrected chi connectivity index (χ0v) is 13.9. The highest BCUT2D eigenvalue weighted by atomic mass is 32.2. The molecule has 2 rings (SSSR count). The fourth-order valence-electron chi connectivity index (χ4n) is 2.01. The second-order valence-electron chi connectivity index (χ2n) is 4.86. The van der Waals surface area contributed by atoms with Crippen LogP contribution < -0.4 is 10.1 Å². The predicted molar refractivity (Wildman–Crippen MR) is 92.5 cm³/mol. The lowest BCUT2D eigenvalue weighted by Gasteiger charge is -2.07. The second-order valence-corrected chi connectivity index (χ2v) is 5.96. The fourth-order valence-corrected chi connectivity index (χ4v) is 2.85. The third-order valence-electron chi connectivity index (χ3n) is 3.17. The molecule has 0 fully saturated rings. The number of nitrogens with one attached hydrogen (secondary N) is 1. The molecule has 2 aromatic rings. The van der Waals surface area contributed by atoms with Crippen molar-refractivity contribution < 1.29 is 13.9 Å². The van der Waals surface area contributed by atoms with Crippen molar-refractivity contribution in [1.29, 1.82) is 0 Å².